The molecule has 1 N–H and O–H groups in total. The van der Waals surface area contributed by atoms with E-state index in [1.54, 1.807) is 7.11 Å². The molecule has 0 unspecified atom stereocenters. The molecule has 0 fully saturated rings. The molecule has 0 heterocycles. The lowest BCUT2D eigenvalue weighted by atomic mass is 9.99. The molecule has 2 nitrogen and oxygen atoms in total. The van der Waals surface area contributed by atoms with Crippen LogP contribution >= 0.6 is 15.9 Å². The first-order valence-electron chi connectivity index (χ1n) is 5.72. The molecular weight excluding hydrogens is 292 g/mol. The molecule has 2 aromatic rings. The highest BCUT2D eigenvalue weighted by Gasteiger charge is 2.06. The fourth-order valence-electron chi connectivity index (χ4n) is 1.93. The van der Waals surface area contributed by atoms with Crippen LogP contribution in [0.4, 0.5) is 0 Å². The van der Waals surface area contributed by atoms with Gasteiger partial charge in [0.15, 0.2) is 0 Å². The zero-order valence-corrected chi connectivity index (χ0v) is 11.8. The highest BCUT2D eigenvalue weighted by molar-refractivity contribution is 9.10. The second kappa shape index (κ2) is 6.14. The van der Waals surface area contributed by atoms with Crippen LogP contribution in [0.15, 0.2) is 46.9 Å². The van der Waals surface area contributed by atoms with Crippen molar-refractivity contribution in [1.29, 1.82) is 0 Å². The van der Waals surface area contributed by atoms with E-state index >= 15 is 0 Å². The Morgan fingerprint density at radius 3 is 2.56 bits per heavy atom. The van der Waals surface area contributed by atoms with E-state index in [2.05, 4.69) is 22.0 Å². The summed E-state index contributed by atoms with van der Waals surface area (Å²) in [5.41, 5.74) is 4.20. The van der Waals surface area contributed by atoms with Gasteiger partial charge in [0.2, 0.25) is 0 Å². The molecule has 0 aliphatic rings. The zero-order valence-electron chi connectivity index (χ0n) is 10.2. The van der Waals surface area contributed by atoms with Crippen molar-refractivity contribution in [2.45, 2.75) is 13.2 Å². The highest BCUT2D eigenvalue weighted by Crippen LogP contribution is 2.28. The summed E-state index contributed by atoms with van der Waals surface area (Å²) < 4.78 is 6.15. The molecule has 3 heteroatoms. The molecule has 0 aliphatic carbocycles. The van der Waals surface area contributed by atoms with Gasteiger partial charge in [-0.1, -0.05) is 52.3 Å². The summed E-state index contributed by atoms with van der Waals surface area (Å²) in [6, 6.07) is 14.0. The van der Waals surface area contributed by atoms with E-state index in [-0.39, 0.29) is 6.61 Å². The number of hydrogen-bond donors (Lipinski definition) is 1. The van der Waals surface area contributed by atoms with E-state index in [1.807, 2.05) is 36.4 Å². The summed E-state index contributed by atoms with van der Waals surface area (Å²) in [5.74, 6) is 0. The minimum Gasteiger partial charge on any atom is -0.392 e. The number of rotatable bonds is 4. The Morgan fingerprint density at radius 1 is 1.11 bits per heavy atom. The van der Waals surface area contributed by atoms with Crippen LogP contribution in [-0.2, 0) is 18.0 Å². The van der Waals surface area contributed by atoms with Gasteiger partial charge in [0.1, 0.15) is 0 Å². The molecule has 0 atom stereocenters. The van der Waals surface area contributed by atoms with Gasteiger partial charge in [-0.2, -0.15) is 0 Å². The number of aliphatic hydroxyl groups is 1. The van der Waals surface area contributed by atoms with E-state index in [9.17, 15) is 5.11 Å². The number of hydrogen-bond acceptors (Lipinski definition) is 2. The van der Waals surface area contributed by atoms with Gasteiger partial charge < -0.3 is 9.84 Å². The van der Waals surface area contributed by atoms with Gasteiger partial charge >= 0.3 is 0 Å². The molecule has 0 aromatic heterocycles. The SMILES string of the molecule is COCc1ccc(-c2ccccc2CO)cc1Br. The van der Waals surface area contributed by atoms with Crippen LogP contribution < -0.4 is 0 Å². The van der Waals surface area contributed by atoms with E-state index < -0.39 is 0 Å². The largest absolute Gasteiger partial charge is 0.392 e. The summed E-state index contributed by atoms with van der Waals surface area (Å²) in [6.45, 7) is 0.635. The fourth-order valence-corrected chi connectivity index (χ4v) is 2.42. The maximum absolute atomic E-state index is 9.36. The number of halogens is 1. The van der Waals surface area contributed by atoms with Crippen molar-refractivity contribution in [2.24, 2.45) is 0 Å². The lowest BCUT2D eigenvalue weighted by Gasteiger charge is -2.10. The monoisotopic (exact) mass is 306 g/mol. The Morgan fingerprint density at radius 2 is 1.89 bits per heavy atom. The molecule has 0 saturated carbocycles. The van der Waals surface area contributed by atoms with Crippen molar-refractivity contribution >= 4 is 15.9 Å². The Bertz CT molecular complexity index is 538. The van der Waals surface area contributed by atoms with Gasteiger partial charge in [0.05, 0.1) is 13.2 Å². The van der Waals surface area contributed by atoms with Crippen molar-refractivity contribution in [1.82, 2.24) is 0 Å². The lowest BCUT2D eigenvalue weighted by molar-refractivity contribution is 0.184. The third-order valence-electron chi connectivity index (χ3n) is 2.85. The van der Waals surface area contributed by atoms with Gasteiger partial charge in [-0.05, 0) is 28.3 Å². The number of aliphatic hydroxyl groups excluding tert-OH is 1. The van der Waals surface area contributed by atoms with Gasteiger partial charge in [0.25, 0.3) is 0 Å². The summed E-state index contributed by atoms with van der Waals surface area (Å²) in [6.07, 6.45) is 0. The van der Waals surface area contributed by atoms with Gasteiger partial charge in [-0.25, -0.2) is 0 Å². The Kier molecular flexibility index (Phi) is 4.53. The van der Waals surface area contributed by atoms with Gasteiger partial charge in [-0.15, -0.1) is 0 Å². The van der Waals surface area contributed by atoms with E-state index in [0.29, 0.717) is 6.61 Å². The van der Waals surface area contributed by atoms with Gasteiger partial charge in [-0.3, -0.25) is 0 Å². The molecule has 0 radical (unpaired) electrons. The summed E-state index contributed by atoms with van der Waals surface area (Å²) in [7, 11) is 1.68. The first-order chi connectivity index (χ1) is 8.76. The molecule has 0 spiro atoms. The molecule has 0 amide bonds. The second-order valence-electron chi connectivity index (χ2n) is 4.05. The van der Waals surface area contributed by atoms with Crippen LogP contribution in [0.5, 0.6) is 0 Å². The molecule has 0 bridgehead atoms. The molecule has 2 rings (SSSR count). The molecule has 94 valence electrons. The highest BCUT2D eigenvalue weighted by atomic mass is 79.9. The number of benzene rings is 2. The van der Waals surface area contributed by atoms with Crippen molar-refractivity contribution in [3.8, 4) is 11.1 Å². The van der Waals surface area contributed by atoms with Crippen molar-refractivity contribution in [3.63, 3.8) is 0 Å². The van der Waals surface area contributed by atoms with Gasteiger partial charge in [0, 0.05) is 11.6 Å². The third-order valence-corrected chi connectivity index (χ3v) is 3.59. The fraction of sp³-hybridized carbons (Fsp3) is 0.200. The van der Waals surface area contributed by atoms with Crippen LogP contribution in [-0.4, -0.2) is 12.2 Å². The average Bonchev–Trinajstić information content (AvgIpc) is 2.41. The minimum atomic E-state index is 0.0492. The Balaban J connectivity index is 2.42. The Hall–Kier alpha value is -1.16. The summed E-state index contributed by atoms with van der Waals surface area (Å²) >= 11 is 3.55. The first kappa shape index (κ1) is 13.3. The topological polar surface area (TPSA) is 29.5 Å². The molecule has 18 heavy (non-hydrogen) atoms. The van der Waals surface area contributed by atoms with Crippen molar-refractivity contribution in [3.05, 3.63) is 58.1 Å². The normalized spacial score (nSPS) is 10.6. The summed E-state index contributed by atoms with van der Waals surface area (Å²) in [5, 5.41) is 9.36. The number of methoxy groups -OCH3 is 1. The molecule has 0 aliphatic heterocycles. The smallest absolute Gasteiger partial charge is 0.0724 e. The van der Waals surface area contributed by atoms with E-state index in [4.69, 9.17) is 4.74 Å². The zero-order chi connectivity index (χ0) is 13.0. The number of ether oxygens (including phenoxy) is 1. The lowest BCUT2D eigenvalue weighted by Crippen LogP contribution is -1.92. The van der Waals surface area contributed by atoms with Crippen LogP contribution in [0.3, 0.4) is 0 Å². The quantitative estimate of drug-likeness (QED) is 0.932. The average molecular weight is 307 g/mol. The maximum Gasteiger partial charge on any atom is 0.0724 e. The first-order valence-corrected chi connectivity index (χ1v) is 6.52. The second-order valence-corrected chi connectivity index (χ2v) is 4.91. The van der Waals surface area contributed by atoms with Crippen LogP contribution in [0.1, 0.15) is 11.1 Å². The maximum atomic E-state index is 9.36. The van der Waals surface area contributed by atoms with Crippen LogP contribution in [0.25, 0.3) is 11.1 Å². The molecule has 0 saturated heterocycles. The Labute approximate surface area is 115 Å². The van der Waals surface area contributed by atoms with Crippen LogP contribution in [0, 0.1) is 0 Å². The van der Waals surface area contributed by atoms with E-state index in [1.165, 1.54) is 0 Å². The summed E-state index contributed by atoms with van der Waals surface area (Å²) in [4.78, 5) is 0. The minimum absolute atomic E-state index is 0.0492. The molecular formula is C15H15BrO2. The third kappa shape index (κ3) is 2.80. The molecule has 2 aromatic carbocycles. The van der Waals surface area contributed by atoms with Crippen molar-refractivity contribution in [2.75, 3.05) is 7.11 Å². The standard InChI is InChI=1S/C15H15BrO2/c1-18-10-13-7-6-11(8-15(13)16)14-5-3-2-4-12(14)9-17/h2-8,17H,9-10H2,1H3. The van der Waals surface area contributed by atoms with Crippen molar-refractivity contribution < 1.29 is 9.84 Å². The van der Waals surface area contributed by atoms with E-state index in [0.717, 1.165) is 26.7 Å². The van der Waals surface area contributed by atoms with Crippen LogP contribution in [0.2, 0.25) is 0 Å². The predicted molar refractivity (Wildman–Crippen MR) is 76.2 cm³/mol. The predicted octanol–water partition coefficient (Wildman–Crippen LogP) is 3.75.